The number of nitrogens with one attached hydrogen (secondary N) is 1. The van der Waals surface area contributed by atoms with E-state index < -0.39 is 0 Å². The number of rotatable bonds is 5. The first-order valence-electron chi connectivity index (χ1n) is 5.72. The normalized spacial score (nSPS) is 9.53. The fourth-order valence-electron chi connectivity index (χ4n) is 1.43. The van der Waals surface area contributed by atoms with Crippen LogP contribution in [0.25, 0.3) is 0 Å². The molecule has 0 spiro atoms. The van der Waals surface area contributed by atoms with Crippen molar-refractivity contribution in [3.63, 3.8) is 0 Å². The van der Waals surface area contributed by atoms with Crippen LogP contribution in [0.1, 0.15) is 26.3 Å². The van der Waals surface area contributed by atoms with Crippen LogP contribution in [0.3, 0.4) is 0 Å². The van der Waals surface area contributed by atoms with Gasteiger partial charge < -0.3 is 5.32 Å². The third-order valence-electron chi connectivity index (χ3n) is 2.24. The summed E-state index contributed by atoms with van der Waals surface area (Å²) in [4.78, 5) is 1.05. The predicted molar refractivity (Wildman–Crippen MR) is 75.5 cm³/mol. The van der Waals surface area contributed by atoms with Crippen molar-refractivity contribution in [2.45, 2.75) is 25.7 Å². The van der Waals surface area contributed by atoms with Gasteiger partial charge in [-0.3, -0.25) is 0 Å². The summed E-state index contributed by atoms with van der Waals surface area (Å²) in [6, 6.07) is 8.23. The number of thioether (sulfide) groups is 1. The van der Waals surface area contributed by atoms with E-state index in [2.05, 4.69) is 38.2 Å². The molecule has 0 heterocycles. The third-order valence-corrected chi connectivity index (χ3v) is 3.18. The van der Waals surface area contributed by atoms with E-state index in [1.165, 1.54) is 5.57 Å². The molecule has 0 unspecified atom stereocenters. The Morgan fingerprint density at radius 3 is 2.82 bits per heavy atom. The zero-order valence-corrected chi connectivity index (χ0v) is 11.4. The van der Waals surface area contributed by atoms with E-state index in [9.17, 15) is 5.26 Å². The average Bonchev–Trinajstić information content (AvgIpc) is 2.29. The predicted octanol–water partition coefficient (Wildman–Crippen LogP) is 4.05. The molecule has 1 rings (SSSR count). The Balaban J connectivity index is 2.88. The highest BCUT2D eigenvalue weighted by atomic mass is 32.2. The quantitative estimate of drug-likeness (QED) is 0.629. The summed E-state index contributed by atoms with van der Waals surface area (Å²) in [6.45, 7) is 6.98. The minimum atomic E-state index is 0.751. The van der Waals surface area contributed by atoms with Crippen LogP contribution in [0.5, 0.6) is 0 Å². The van der Waals surface area contributed by atoms with E-state index in [0.29, 0.717) is 0 Å². The third kappa shape index (κ3) is 4.16. The van der Waals surface area contributed by atoms with E-state index in [0.717, 1.165) is 28.4 Å². The van der Waals surface area contributed by atoms with Gasteiger partial charge in [0.2, 0.25) is 0 Å². The highest BCUT2D eigenvalue weighted by molar-refractivity contribution is 7.99. The number of anilines is 1. The molecule has 0 fully saturated rings. The monoisotopic (exact) mass is 246 g/mol. The van der Waals surface area contributed by atoms with Crippen LogP contribution in [-0.4, -0.2) is 12.3 Å². The molecule has 0 atom stereocenters. The van der Waals surface area contributed by atoms with Crippen molar-refractivity contribution in [2.24, 2.45) is 0 Å². The van der Waals surface area contributed by atoms with Crippen LogP contribution >= 0.6 is 11.8 Å². The van der Waals surface area contributed by atoms with Crippen molar-refractivity contribution in [3.8, 4) is 6.07 Å². The Morgan fingerprint density at radius 2 is 2.24 bits per heavy atom. The molecule has 0 amide bonds. The van der Waals surface area contributed by atoms with Gasteiger partial charge in [-0.15, -0.1) is 11.8 Å². The maximum absolute atomic E-state index is 9.22. The average molecular weight is 246 g/mol. The molecule has 17 heavy (non-hydrogen) atoms. The Labute approximate surface area is 108 Å². The molecule has 1 N–H and O–H groups in total. The standard InChI is InChI=1S/C14H18N2S/c1-4-17-14-7-5-6-13(12(14)10-15)16-9-8-11(2)3/h5-8,16H,4,9H2,1-3H3. The zero-order chi connectivity index (χ0) is 12.7. The molecule has 2 nitrogen and oxygen atoms in total. The van der Waals surface area contributed by atoms with Gasteiger partial charge in [0.1, 0.15) is 6.07 Å². The van der Waals surface area contributed by atoms with Crippen LogP contribution in [0.15, 0.2) is 34.7 Å². The van der Waals surface area contributed by atoms with Crippen molar-refractivity contribution in [1.82, 2.24) is 0 Å². The Kier molecular flexibility index (Phi) is 5.65. The molecule has 0 aliphatic rings. The van der Waals surface area contributed by atoms with Crippen molar-refractivity contribution in [3.05, 3.63) is 35.4 Å². The second-order valence-electron chi connectivity index (χ2n) is 3.89. The summed E-state index contributed by atoms with van der Waals surface area (Å²) in [5, 5.41) is 12.5. The van der Waals surface area contributed by atoms with E-state index in [-0.39, 0.29) is 0 Å². The maximum atomic E-state index is 9.22. The van der Waals surface area contributed by atoms with Gasteiger partial charge in [-0.25, -0.2) is 0 Å². The van der Waals surface area contributed by atoms with E-state index in [1.54, 1.807) is 11.8 Å². The lowest BCUT2D eigenvalue weighted by Crippen LogP contribution is -2.01. The fourth-order valence-corrected chi connectivity index (χ4v) is 2.22. The number of nitriles is 1. The van der Waals surface area contributed by atoms with Gasteiger partial charge in [-0.05, 0) is 31.7 Å². The van der Waals surface area contributed by atoms with Gasteiger partial charge >= 0.3 is 0 Å². The summed E-state index contributed by atoms with van der Waals surface area (Å²) in [6.07, 6.45) is 2.11. The second kappa shape index (κ2) is 7.03. The van der Waals surface area contributed by atoms with Gasteiger partial charge in [0.25, 0.3) is 0 Å². The number of nitrogens with zero attached hydrogens (tertiary/aromatic N) is 1. The molecule has 0 bridgehead atoms. The van der Waals surface area contributed by atoms with Crippen molar-refractivity contribution < 1.29 is 0 Å². The van der Waals surface area contributed by atoms with Gasteiger partial charge in [0, 0.05) is 11.4 Å². The van der Waals surface area contributed by atoms with Crippen LogP contribution in [-0.2, 0) is 0 Å². The fraction of sp³-hybridized carbons (Fsp3) is 0.357. The van der Waals surface area contributed by atoms with Gasteiger partial charge in [0.05, 0.1) is 11.3 Å². The molecule has 0 saturated heterocycles. The van der Waals surface area contributed by atoms with Crippen LogP contribution in [0.2, 0.25) is 0 Å². The number of benzene rings is 1. The van der Waals surface area contributed by atoms with Gasteiger partial charge in [-0.1, -0.05) is 24.6 Å². The van der Waals surface area contributed by atoms with E-state index in [1.807, 2.05) is 18.2 Å². The highest BCUT2D eigenvalue weighted by Gasteiger charge is 2.06. The lowest BCUT2D eigenvalue weighted by atomic mass is 10.2. The Hall–Kier alpha value is -1.40. The summed E-state index contributed by atoms with van der Waals surface area (Å²) in [5.74, 6) is 0.978. The summed E-state index contributed by atoms with van der Waals surface area (Å²) in [5.41, 5.74) is 2.94. The SMILES string of the molecule is CCSc1cccc(NCC=C(C)C)c1C#N. The number of hydrogen-bond acceptors (Lipinski definition) is 3. The zero-order valence-electron chi connectivity index (χ0n) is 10.6. The molecule has 1 aromatic carbocycles. The topological polar surface area (TPSA) is 35.8 Å². The smallest absolute Gasteiger partial charge is 0.102 e. The van der Waals surface area contributed by atoms with Gasteiger partial charge in [-0.2, -0.15) is 5.26 Å². The maximum Gasteiger partial charge on any atom is 0.102 e. The summed E-state index contributed by atoms with van der Waals surface area (Å²) < 4.78 is 0. The molecule has 1 aromatic rings. The minimum Gasteiger partial charge on any atom is -0.380 e. The van der Waals surface area contributed by atoms with Crippen LogP contribution in [0, 0.1) is 11.3 Å². The molecular formula is C14H18N2S. The summed E-state index contributed by atoms with van der Waals surface area (Å²) >= 11 is 1.70. The molecule has 90 valence electrons. The van der Waals surface area contributed by atoms with Crippen molar-refractivity contribution in [2.75, 3.05) is 17.6 Å². The Morgan fingerprint density at radius 1 is 1.47 bits per heavy atom. The van der Waals surface area contributed by atoms with Gasteiger partial charge in [0.15, 0.2) is 0 Å². The number of allylic oxidation sites excluding steroid dienone is 1. The van der Waals surface area contributed by atoms with Crippen molar-refractivity contribution in [1.29, 1.82) is 5.26 Å². The van der Waals surface area contributed by atoms with Crippen LogP contribution < -0.4 is 5.32 Å². The first-order valence-corrected chi connectivity index (χ1v) is 6.70. The van der Waals surface area contributed by atoms with Crippen LogP contribution in [0.4, 0.5) is 5.69 Å². The lowest BCUT2D eigenvalue weighted by molar-refractivity contribution is 1.24. The van der Waals surface area contributed by atoms with E-state index in [4.69, 9.17) is 0 Å². The molecule has 0 aromatic heterocycles. The molecule has 0 aliphatic heterocycles. The minimum absolute atomic E-state index is 0.751. The van der Waals surface area contributed by atoms with E-state index >= 15 is 0 Å². The molecule has 0 aliphatic carbocycles. The first-order chi connectivity index (χ1) is 8.19. The lowest BCUT2D eigenvalue weighted by Gasteiger charge is -2.09. The second-order valence-corrected chi connectivity index (χ2v) is 5.19. The highest BCUT2D eigenvalue weighted by Crippen LogP contribution is 2.27. The first kappa shape index (κ1) is 13.7. The molecular weight excluding hydrogens is 228 g/mol. The summed E-state index contributed by atoms with van der Waals surface area (Å²) in [7, 11) is 0. The molecule has 0 saturated carbocycles. The molecule has 3 heteroatoms. The largest absolute Gasteiger partial charge is 0.380 e. The number of hydrogen-bond donors (Lipinski definition) is 1. The Bertz CT molecular complexity index is 440. The molecule has 0 radical (unpaired) electrons. The van der Waals surface area contributed by atoms with Crippen molar-refractivity contribution >= 4 is 17.4 Å².